The fourth-order valence-electron chi connectivity index (χ4n) is 2.65. The molecule has 5 heteroatoms. The number of carbonyl (C=O) groups is 2. The second-order valence-electron chi connectivity index (χ2n) is 6.36. The van der Waals surface area contributed by atoms with Gasteiger partial charge < -0.3 is 15.1 Å². The van der Waals surface area contributed by atoms with Gasteiger partial charge in [0, 0.05) is 26.4 Å². The molecule has 1 amide bonds. The highest BCUT2D eigenvalue weighted by Crippen LogP contribution is 2.10. The SMILES string of the molecule is CCCCC[C@H](O)CCCN(CCCCCCC(=O)O)C(C)=O. The normalized spacial score (nSPS) is 12.1. The number of hydrogen-bond acceptors (Lipinski definition) is 3. The molecule has 0 bridgehead atoms. The van der Waals surface area contributed by atoms with Crippen LogP contribution in [0.3, 0.4) is 0 Å². The summed E-state index contributed by atoms with van der Waals surface area (Å²) in [6, 6.07) is 0. The zero-order valence-corrected chi connectivity index (χ0v) is 14.9. The van der Waals surface area contributed by atoms with Gasteiger partial charge in [0.15, 0.2) is 0 Å². The van der Waals surface area contributed by atoms with Crippen LogP contribution in [-0.2, 0) is 9.59 Å². The molecule has 0 aromatic heterocycles. The molecule has 23 heavy (non-hydrogen) atoms. The summed E-state index contributed by atoms with van der Waals surface area (Å²) in [4.78, 5) is 23.9. The molecule has 0 saturated carbocycles. The Kier molecular flexibility index (Phi) is 13.8. The second-order valence-corrected chi connectivity index (χ2v) is 6.36. The molecule has 0 aliphatic carbocycles. The van der Waals surface area contributed by atoms with Gasteiger partial charge in [-0.3, -0.25) is 9.59 Å². The molecular formula is C18H35NO4. The van der Waals surface area contributed by atoms with Gasteiger partial charge in [-0.1, -0.05) is 39.0 Å². The number of carbonyl (C=O) groups excluding carboxylic acids is 1. The predicted octanol–water partition coefficient (Wildman–Crippen LogP) is 3.59. The van der Waals surface area contributed by atoms with E-state index in [2.05, 4.69) is 6.92 Å². The second kappa shape index (κ2) is 14.5. The van der Waals surface area contributed by atoms with Crippen LogP contribution < -0.4 is 0 Å². The van der Waals surface area contributed by atoms with E-state index in [0.29, 0.717) is 13.0 Å². The fourth-order valence-corrected chi connectivity index (χ4v) is 2.65. The standard InChI is InChI=1S/C18H35NO4/c1-3-4-7-11-17(21)12-10-15-19(16(2)20)14-9-6-5-8-13-18(22)23/h17,21H,3-15H2,1-2H3,(H,22,23)/t17-/m0/s1. The molecule has 0 aliphatic heterocycles. The van der Waals surface area contributed by atoms with Crippen LogP contribution in [0.25, 0.3) is 0 Å². The minimum absolute atomic E-state index is 0.0796. The monoisotopic (exact) mass is 329 g/mol. The fraction of sp³-hybridized carbons (Fsp3) is 0.889. The molecule has 0 aromatic rings. The van der Waals surface area contributed by atoms with Crippen molar-refractivity contribution in [1.82, 2.24) is 4.90 Å². The van der Waals surface area contributed by atoms with E-state index in [-0.39, 0.29) is 18.4 Å². The van der Waals surface area contributed by atoms with E-state index in [1.54, 1.807) is 6.92 Å². The lowest BCUT2D eigenvalue weighted by atomic mass is 10.1. The Bertz CT molecular complexity index is 320. The summed E-state index contributed by atoms with van der Waals surface area (Å²) in [5, 5.41) is 18.5. The van der Waals surface area contributed by atoms with Crippen molar-refractivity contribution in [2.75, 3.05) is 13.1 Å². The maximum atomic E-state index is 11.6. The van der Waals surface area contributed by atoms with Gasteiger partial charge in [-0.05, 0) is 32.1 Å². The van der Waals surface area contributed by atoms with Crippen LogP contribution in [0, 0.1) is 0 Å². The molecule has 0 aromatic carbocycles. The van der Waals surface area contributed by atoms with Gasteiger partial charge in [-0.15, -0.1) is 0 Å². The first kappa shape index (κ1) is 21.9. The maximum Gasteiger partial charge on any atom is 0.303 e. The van der Waals surface area contributed by atoms with E-state index in [9.17, 15) is 14.7 Å². The summed E-state index contributed by atoms with van der Waals surface area (Å²) in [7, 11) is 0. The molecule has 0 unspecified atom stereocenters. The highest BCUT2D eigenvalue weighted by atomic mass is 16.4. The number of carboxylic acids is 1. The topological polar surface area (TPSA) is 77.8 Å². The Balaban J connectivity index is 3.73. The number of hydrogen-bond donors (Lipinski definition) is 2. The Morgan fingerprint density at radius 3 is 2.13 bits per heavy atom. The van der Waals surface area contributed by atoms with Crippen LogP contribution in [0.5, 0.6) is 0 Å². The molecule has 0 rings (SSSR count). The highest BCUT2D eigenvalue weighted by Gasteiger charge is 2.10. The Labute approximate surface area is 141 Å². The van der Waals surface area contributed by atoms with Crippen molar-refractivity contribution >= 4 is 11.9 Å². The zero-order valence-electron chi connectivity index (χ0n) is 14.9. The van der Waals surface area contributed by atoms with Gasteiger partial charge >= 0.3 is 5.97 Å². The highest BCUT2D eigenvalue weighted by molar-refractivity contribution is 5.73. The summed E-state index contributed by atoms with van der Waals surface area (Å²) in [6.45, 7) is 5.17. The quantitative estimate of drug-likeness (QED) is 0.450. The largest absolute Gasteiger partial charge is 0.481 e. The van der Waals surface area contributed by atoms with Gasteiger partial charge in [0.1, 0.15) is 0 Å². The molecule has 1 atom stereocenters. The lowest BCUT2D eigenvalue weighted by Gasteiger charge is -2.21. The predicted molar refractivity (Wildman–Crippen MR) is 92.4 cm³/mol. The van der Waals surface area contributed by atoms with E-state index in [1.807, 2.05) is 4.90 Å². The number of amides is 1. The summed E-state index contributed by atoms with van der Waals surface area (Å²) in [5.41, 5.74) is 0. The van der Waals surface area contributed by atoms with Gasteiger partial charge in [0.05, 0.1) is 6.10 Å². The van der Waals surface area contributed by atoms with Crippen molar-refractivity contribution < 1.29 is 19.8 Å². The number of aliphatic hydroxyl groups excluding tert-OH is 1. The first-order valence-corrected chi connectivity index (χ1v) is 9.12. The molecule has 0 saturated heterocycles. The average Bonchev–Trinajstić information content (AvgIpc) is 2.48. The average molecular weight is 329 g/mol. The van der Waals surface area contributed by atoms with Gasteiger partial charge in [0.2, 0.25) is 5.91 Å². The van der Waals surface area contributed by atoms with Crippen molar-refractivity contribution in [3.63, 3.8) is 0 Å². The Hall–Kier alpha value is -1.10. The lowest BCUT2D eigenvalue weighted by molar-refractivity contribution is -0.137. The van der Waals surface area contributed by atoms with Crippen LogP contribution in [0.4, 0.5) is 0 Å². The van der Waals surface area contributed by atoms with Crippen molar-refractivity contribution in [2.24, 2.45) is 0 Å². The van der Waals surface area contributed by atoms with Crippen LogP contribution >= 0.6 is 0 Å². The molecule has 136 valence electrons. The zero-order chi connectivity index (χ0) is 17.5. The maximum absolute atomic E-state index is 11.6. The Morgan fingerprint density at radius 2 is 1.52 bits per heavy atom. The van der Waals surface area contributed by atoms with Crippen molar-refractivity contribution in [3.8, 4) is 0 Å². The minimum atomic E-state index is -0.743. The molecule has 0 heterocycles. The summed E-state index contributed by atoms with van der Waals surface area (Å²) < 4.78 is 0. The Morgan fingerprint density at radius 1 is 0.913 bits per heavy atom. The summed E-state index contributed by atoms with van der Waals surface area (Å²) >= 11 is 0. The number of carboxylic acid groups (broad SMARTS) is 1. The van der Waals surface area contributed by atoms with E-state index in [4.69, 9.17) is 5.11 Å². The number of unbranched alkanes of at least 4 members (excludes halogenated alkanes) is 5. The molecule has 5 nitrogen and oxygen atoms in total. The van der Waals surface area contributed by atoms with E-state index in [0.717, 1.165) is 57.9 Å². The van der Waals surface area contributed by atoms with Crippen LogP contribution in [-0.4, -0.2) is 46.2 Å². The molecule has 0 radical (unpaired) electrons. The van der Waals surface area contributed by atoms with Crippen LogP contribution in [0.15, 0.2) is 0 Å². The third kappa shape index (κ3) is 14.2. The van der Waals surface area contributed by atoms with Crippen molar-refractivity contribution in [3.05, 3.63) is 0 Å². The first-order valence-electron chi connectivity index (χ1n) is 9.12. The van der Waals surface area contributed by atoms with Crippen molar-refractivity contribution in [2.45, 2.75) is 90.6 Å². The number of nitrogens with zero attached hydrogens (tertiary/aromatic N) is 1. The van der Waals surface area contributed by atoms with Crippen LogP contribution in [0.1, 0.15) is 84.5 Å². The van der Waals surface area contributed by atoms with E-state index >= 15 is 0 Å². The summed E-state index contributed by atoms with van der Waals surface area (Å²) in [6.07, 6.45) is 9.32. The summed E-state index contributed by atoms with van der Waals surface area (Å²) in [5.74, 6) is -0.663. The molecular weight excluding hydrogens is 294 g/mol. The number of aliphatic carboxylic acids is 1. The third-order valence-electron chi connectivity index (χ3n) is 4.12. The van der Waals surface area contributed by atoms with Gasteiger partial charge in [-0.25, -0.2) is 0 Å². The van der Waals surface area contributed by atoms with Crippen LogP contribution in [0.2, 0.25) is 0 Å². The third-order valence-corrected chi connectivity index (χ3v) is 4.12. The molecule has 0 spiro atoms. The smallest absolute Gasteiger partial charge is 0.303 e. The molecule has 0 aliphatic rings. The minimum Gasteiger partial charge on any atom is -0.481 e. The van der Waals surface area contributed by atoms with Gasteiger partial charge in [-0.2, -0.15) is 0 Å². The molecule has 0 fully saturated rings. The lowest BCUT2D eigenvalue weighted by Crippen LogP contribution is -2.31. The number of aliphatic hydroxyl groups is 1. The molecule has 2 N–H and O–H groups in total. The van der Waals surface area contributed by atoms with Crippen molar-refractivity contribution in [1.29, 1.82) is 0 Å². The van der Waals surface area contributed by atoms with E-state index < -0.39 is 5.97 Å². The first-order chi connectivity index (χ1) is 11.0. The number of rotatable bonds is 15. The van der Waals surface area contributed by atoms with E-state index in [1.165, 1.54) is 6.42 Å². The van der Waals surface area contributed by atoms with Gasteiger partial charge in [0.25, 0.3) is 0 Å².